The summed E-state index contributed by atoms with van der Waals surface area (Å²) in [6.07, 6.45) is -1.99. The van der Waals surface area contributed by atoms with Gasteiger partial charge < -0.3 is 61.7 Å². The number of fused-ring (bicyclic) bond motifs is 1. The number of nitrogens with one attached hydrogen (secondary N) is 7. The van der Waals surface area contributed by atoms with E-state index in [9.17, 15) is 48.9 Å². The molecule has 2 aromatic heterocycles. The van der Waals surface area contributed by atoms with Gasteiger partial charge in [0.05, 0.1) is 19.0 Å². The van der Waals surface area contributed by atoms with E-state index in [1.165, 1.54) is 45.6 Å². The molecule has 328 valence electrons. The summed E-state index contributed by atoms with van der Waals surface area (Å²) in [5.74, 6) is -3.72. The highest BCUT2D eigenvalue weighted by atomic mass is 16.6. The predicted molar refractivity (Wildman–Crippen MR) is 212 cm³/mol. The summed E-state index contributed by atoms with van der Waals surface area (Å²) in [6, 6.07) is 2.91. The number of aromatic amines is 1. The monoisotopic (exact) mass is 851 g/mol. The lowest BCUT2D eigenvalue weighted by molar-refractivity contribution is -0.186. The van der Waals surface area contributed by atoms with Gasteiger partial charge in [0.25, 0.3) is 11.8 Å². The first-order valence-corrected chi connectivity index (χ1v) is 19.2. The molecule has 23 heteroatoms. The zero-order chi connectivity index (χ0) is 44.6. The Bertz CT molecular complexity index is 2120. The molecule has 0 saturated carbocycles. The van der Waals surface area contributed by atoms with Gasteiger partial charge in [-0.1, -0.05) is 26.0 Å². The molecule has 1 fully saturated rings. The van der Waals surface area contributed by atoms with E-state index in [0.29, 0.717) is 22.4 Å². The molecule has 0 unspecified atom stereocenters. The molecule has 0 radical (unpaired) electrons. The molecule has 7 amide bonds. The molecule has 61 heavy (non-hydrogen) atoms. The number of anilines is 2. The molecule has 4 heterocycles. The van der Waals surface area contributed by atoms with Crippen molar-refractivity contribution in [3.63, 3.8) is 0 Å². The number of hydrogen-bond acceptors (Lipinski definition) is 16. The first-order valence-electron chi connectivity index (χ1n) is 19.2. The third-order valence-electron chi connectivity index (χ3n) is 9.78. The fourth-order valence-electron chi connectivity index (χ4n) is 6.21. The minimum absolute atomic E-state index is 0.148. The molecule has 10 N–H and O–H groups in total. The lowest BCUT2D eigenvalue weighted by Gasteiger charge is -2.43. The number of carbonyl (C=O) groups is 7. The summed E-state index contributed by atoms with van der Waals surface area (Å²) < 4.78 is 11.1. The second-order valence-electron chi connectivity index (χ2n) is 15.2. The lowest BCUT2D eigenvalue weighted by Crippen LogP contribution is -2.68. The Morgan fingerprint density at radius 3 is 2.30 bits per heavy atom. The van der Waals surface area contributed by atoms with Gasteiger partial charge in [-0.25, -0.2) is 19.7 Å². The number of aromatic nitrogens is 4. The quantitative estimate of drug-likeness (QED) is 0.0676. The Labute approximate surface area is 348 Å². The maximum atomic E-state index is 13.3. The van der Waals surface area contributed by atoms with Gasteiger partial charge in [0, 0.05) is 30.8 Å². The summed E-state index contributed by atoms with van der Waals surface area (Å²) >= 11 is 0. The SMILES string of the molecule is CC(C)[C@H](NC(=O)CCN1C(=O)C=CC1=O)C(=O)N[C@@H](C)C(=O)Nc1ccc(COC(=O)NC(C)(C)C(=O)N[C@@H]2[C@@H](O)[C@H](O)[C@@H](Nc3ncnc4nc[nH]c34)O[C@H]2CO)cc1. The van der Waals surface area contributed by atoms with Crippen molar-refractivity contribution in [1.82, 2.24) is 46.1 Å². The Hall–Kier alpha value is -6.56. The normalized spacial score (nSPS) is 21.1. The molecule has 7 atom stereocenters. The fraction of sp³-hybridized carbons (Fsp3) is 0.474. The molecule has 1 saturated heterocycles. The Morgan fingerprint density at radius 1 is 0.951 bits per heavy atom. The highest BCUT2D eigenvalue weighted by molar-refractivity contribution is 6.13. The van der Waals surface area contributed by atoms with Crippen LogP contribution in [0.3, 0.4) is 0 Å². The number of nitrogens with zero attached hydrogens (tertiary/aromatic N) is 4. The minimum Gasteiger partial charge on any atom is -0.445 e. The number of hydrogen-bond donors (Lipinski definition) is 10. The van der Waals surface area contributed by atoms with Crippen LogP contribution < -0.4 is 31.9 Å². The van der Waals surface area contributed by atoms with E-state index < -0.39 is 96.3 Å². The van der Waals surface area contributed by atoms with Crippen molar-refractivity contribution in [3.8, 4) is 0 Å². The number of benzene rings is 1. The molecule has 0 bridgehead atoms. The highest BCUT2D eigenvalue weighted by Crippen LogP contribution is 2.25. The Balaban J connectivity index is 1.05. The van der Waals surface area contributed by atoms with Crippen LogP contribution in [0.4, 0.5) is 16.3 Å². The van der Waals surface area contributed by atoms with E-state index in [0.717, 1.165) is 17.1 Å². The molecule has 2 aliphatic heterocycles. The topological polar surface area (TPSA) is 329 Å². The second kappa shape index (κ2) is 19.7. The van der Waals surface area contributed by atoms with Gasteiger partial charge in [0.15, 0.2) is 17.7 Å². The van der Waals surface area contributed by atoms with Crippen LogP contribution >= 0.6 is 0 Å². The van der Waals surface area contributed by atoms with Crippen LogP contribution in [0.2, 0.25) is 0 Å². The van der Waals surface area contributed by atoms with Crippen molar-refractivity contribution in [1.29, 1.82) is 0 Å². The van der Waals surface area contributed by atoms with Crippen molar-refractivity contribution < 1.29 is 58.4 Å². The van der Waals surface area contributed by atoms with Crippen molar-refractivity contribution >= 4 is 64.2 Å². The van der Waals surface area contributed by atoms with E-state index in [-0.39, 0.29) is 31.3 Å². The van der Waals surface area contributed by atoms with E-state index in [4.69, 9.17) is 9.47 Å². The van der Waals surface area contributed by atoms with Gasteiger partial charge in [-0.05, 0) is 44.4 Å². The van der Waals surface area contributed by atoms with Crippen LogP contribution in [-0.4, -0.2) is 143 Å². The average molecular weight is 852 g/mol. The predicted octanol–water partition coefficient (Wildman–Crippen LogP) is -1.71. The highest BCUT2D eigenvalue weighted by Gasteiger charge is 2.47. The van der Waals surface area contributed by atoms with Gasteiger partial charge in [0.1, 0.15) is 54.4 Å². The Kier molecular flexibility index (Phi) is 14.7. The molecule has 0 aliphatic carbocycles. The van der Waals surface area contributed by atoms with Gasteiger partial charge in [-0.3, -0.25) is 33.7 Å². The van der Waals surface area contributed by atoms with Gasteiger partial charge in [0.2, 0.25) is 23.6 Å². The first kappa shape index (κ1) is 45.5. The molecule has 5 rings (SSSR count). The van der Waals surface area contributed by atoms with Crippen LogP contribution in [0, 0.1) is 5.92 Å². The average Bonchev–Trinajstić information content (AvgIpc) is 3.83. The molecule has 3 aromatic rings. The molecular weight excluding hydrogens is 802 g/mol. The zero-order valence-corrected chi connectivity index (χ0v) is 33.9. The maximum absolute atomic E-state index is 13.3. The lowest BCUT2D eigenvalue weighted by atomic mass is 9.94. The standard InChI is InChI=1S/C38H49N11O12/c1-18(2)26(45-23(51)12-13-49-24(52)10-11-25(49)53)34(57)43-19(3)33(56)44-21-8-6-20(7-9-21)15-60-37(59)48-38(4,5)36(58)46-27-22(14-50)61-35(30(55)29(27)54)47-32-28-31(40-16-39-28)41-17-42-32/h6-11,16-19,22,26-27,29-30,35,50,54-55H,12-15H2,1-5H3,(H,43,57)(H,44,56)(H,45,51)(H,46,58)(H,48,59)(H2,39,40,41,42,47)/t19-,22-,26-,27-,29+,30-,35-/m0/s1. The summed E-state index contributed by atoms with van der Waals surface area (Å²) in [4.78, 5) is 104. The maximum Gasteiger partial charge on any atom is 0.408 e. The number of aliphatic hydroxyl groups excluding tert-OH is 3. The number of alkyl carbamates (subject to hydrolysis) is 1. The molecule has 1 aromatic carbocycles. The van der Waals surface area contributed by atoms with Crippen LogP contribution in [0.25, 0.3) is 11.2 Å². The van der Waals surface area contributed by atoms with Crippen molar-refractivity contribution in [3.05, 3.63) is 54.6 Å². The van der Waals surface area contributed by atoms with Crippen LogP contribution in [-0.2, 0) is 44.8 Å². The number of imide groups is 1. The van der Waals surface area contributed by atoms with E-state index in [1.807, 2.05) is 0 Å². The summed E-state index contributed by atoms with van der Waals surface area (Å²) in [6.45, 7) is 6.59. The number of H-pyrrole nitrogens is 1. The summed E-state index contributed by atoms with van der Waals surface area (Å²) in [5.41, 5.74) is 0.0114. The van der Waals surface area contributed by atoms with Crippen molar-refractivity contribution in [2.45, 2.75) is 95.9 Å². The molecule has 23 nitrogen and oxygen atoms in total. The minimum atomic E-state index is -1.63. The fourth-order valence-corrected chi connectivity index (χ4v) is 6.21. The van der Waals surface area contributed by atoms with E-state index in [2.05, 4.69) is 51.8 Å². The van der Waals surface area contributed by atoms with Crippen LogP contribution in [0.1, 0.15) is 46.6 Å². The number of carbonyl (C=O) groups excluding carboxylic acids is 7. The zero-order valence-electron chi connectivity index (χ0n) is 33.9. The van der Waals surface area contributed by atoms with Crippen molar-refractivity contribution in [2.75, 3.05) is 23.8 Å². The van der Waals surface area contributed by atoms with Crippen molar-refractivity contribution in [2.24, 2.45) is 5.92 Å². The van der Waals surface area contributed by atoms with Gasteiger partial charge in [-0.15, -0.1) is 0 Å². The van der Waals surface area contributed by atoms with E-state index >= 15 is 0 Å². The Morgan fingerprint density at radius 2 is 1.64 bits per heavy atom. The van der Waals surface area contributed by atoms with Crippen LogP contribution in [0.15, 0.2) is 49.1 Å². The van der Waals surface area contributed by atoms with E-state index in [1.54, 1.807) is 26.0 Å². The number of amides is 7. The van der Waals surface area contributed by atoms with Crippen LogP contribution in [0.5, 0.6) is 0 Å². The third kappa shape index (κ3) is 11.4. The third-order valence-corrected chi connectivity index (χ3v) is 9.78. The molecule has 0 spiro atoms. The van der Waals surface area contributed by atoms with Gasteiger partial charge in [-0.2, -0.15) is 0 Å². The number of rotatable bonds is 17. The number of ether oxygens (including phenoxy) is 2. The number of aliphatic hydroxyl groups is 3. The first-order chi connectivity index (χ1) is 28.9. The molecule has 2 aliphatic rings. The van der Waals surface area contributed by atoms with Gasteiger partial charge >= 0.3 is 6.09 Å². The molecular formula is C38H49N11O12. The summed E-state index contributed by atoms with van der Waals surface area (Å²) in [5, 5.41) is 47.6. The number of imidazole rings is 1. The smallest absolute Gasteiger partial charge is 0.408 e. The second-order valence-corrected chi connectivity index (χ2v) is 15.2. The largest absolute Gasteiger partial charge is 0.445 e. The summed E-state index contributed by atoms with van der Waals surface area (Å²) in [7, 11) is 0.